The summed E-state index contributed by atoms with van der Waals surface area (Å²) in [5, 5.41) is 13.8. The van der Waals surface area contributed by atoms with Crippen LogP contribution in [0.25, 0.3) is 10.8 Å². The van der Waals surface area contributed by atoms with Gasteiger partial charge < -0.3 is 19.9 Å². The van der Waals surface area contributed by atoms with Crippen LogP contribution in [-0.2, 0) is 4.79 Å². The Balaban J connectivity index is 1.83. The molecule has 0 unspecified atom stereocenters. The number of hydrogen-bond donors (Lipinski definition) is 2. The van der Waals surface area contributed by atoms with Crippen LogP contribution in [0.5, 0.6) is 11.5 Å². The number of ether oxygens (including phenoxy) is 2. The molecule has 1 aromatic carbocycles. The van der Waals surface area contributed by atoms with Crippen LogP contribution in [0, 0.1) is 0 Å². The maximum atomic E-state index is 10.5. The van der Waals surface area contributed by atoms with Gasteiger partial charge in [0.15, 0.2) is 11.5 Å². The summed E-state index contributed by atoms with van der Waals surface area (Å²) in [7, 11) is 0. The Morgan fingerprint density at radius 1 is 1.29 bits per heavy atom. The van der Waals surface area contributed by atoms with E-state index in [4.69, 9.17) is 14.6 Å². The number of anilines is 1. The number of benzene rings is 1. The van der Waals surface area contributed by atoms with E-state index in [0.29, 0.717) is 26.2 Å². The summed E-state index contributed by atoms with van der Waals surface area (Å²) in [6.07, 6.45) is 2.42. The third kappa shape index (κ3) is 2.99. The molecule has 110 valence electrons. The standard InChI is InChI=1S/C15H16N2O4/c18-14(19)2-1-4-16-15-11-9-13-12(20-6-7-21-13)8-10(11)3-5-17-15/h3,5,8-9H,1-2,4,6-7H2,(H,16,17)(H,18,19). The van der Waals surface area contributed by atoms with E-state index in [1.165, 1.54) is 0 Å². The maximum Gasteiger partial charge on any atom is 0.303 e. The van der Waals surface area contributed by atoms with Crippen LogP contribution in [0.15, 0.2) is 24.4 Å². The van der Waals surface area contributed by atoms with E-state index in [2.05, 4.69) is 10.3 Å². The molecule has 0 saturated heterocycles. The summed E-state index contributed by atoms with van der Waals surface area (Å²) >= 11 is 0. The first-order valence-corrected chi connectivity index (χ1v) is 6.88. The van der Waals surface area contributed by atoms with Crippen molar-refractivity contribution in [2.45, 2.75) is 12.8 Å². The third-order valence-corrected chi connectivity index (χ3v) is 3.29. The Bertz CT molecular complexity index is 672. The molecule has 2 heterocycles. The molecule has 1 aliphatic rings. The fraction of sp³-hybridized carbons (Fsp3) is 0.333. The molecular formula is C15H16N2O4. The minimum Gasteiger partial charge on any atom is -0.486 e. The molecule has 1 aromatic heterocycles. The molecule has 3 rings (SSSR count). The molecule has 2 aromatic rings. The Morgan fingerprint density at radius 2 is 2.05 bits per heavy atom. The first kappa shape index (κ1) is 13.5. The van der Waals surface area contributed by atoms with Crippen LogP contribution < -0.4 is 14.8 Å². The lowest BCUT2D eigenvalue weighted by molar-refractivity contribution is -0.137. The first-order chi connectivity index (χ1) is 10.2. The number of fused-ring (bicyclic) bond motifs is 2. The number of carboxylic acids is 1. The Labute approximate surface area is 121 Å². The molecule has 6 nitrogen and oxygen atoms in total. The van der Waals surface area contributed by atoms with Gasteiger partial charge in [-0.1, -0.05) is 0 Å². The van der Waals surface area contributed by atoms with Gasteiger partial charge in [-0.3, -0.25) is 4.79 Å². The van der Waals surface area contributed by atoms with E-state index in [1.807, 2.05) is 18.2 Å². The van der Waals surface area contributed by atoms with Gasteiger partial charge in [0.1, 0.15) is 19.0 Å². The van der Waals surface area contributed by atoms with E-state index in [0.717, 1.165) is 28.1 Å². The molecule has 0 atom stereocenters. The fourth-order valence-corrected chi connectivity index (χ4v) is 2.30. The van der Waals surface area contributed by atoms with Gasteiger partial charge in [0.25, 0.3) is 0 Å². The summed E-state index contributed by atoms with van der Waals surface area (Å²) in [5.41, 5.74) is 0. The third-order valence-electron chi connectivity index (χ3n) is 3.29. The quantitative estimate of drug-likeness (QED) is 0.822. The average Bonchev–Trinajstić information content (AvgIpc) is 2.49. The number of carbonyl (C=O) groups is 1. The van der Waals surface area contributed by atoms with E-state index in [9.17, 15) is 4.79 Å². The van der Waals surface area contributed by atoms with Crippen LogP contribution in [0.4, 0.5) is 5.82 Å². The lowest BCUT2D eigenvalue weighted by atomic mass is 10.1. The van der Waals surface area contributed by atoms with E-state index >= 15 is 0 Å². The molecule has 0 amide bonds. The fourth-order valence-electron chi connectivity index (χ4n) is 2.30. The van der Waals surface area contributed by atoms with Gasteiger partial charge in [0.2, 0.25) is 0 Å². The van der Waals surface area contributed by atoms with Gasteiger partial charge in [-0.05, 0) is 30.0 Å². The maximum absolute atomic E-state index is 10.5. The smallest absolute Gasteiger partial charge is 0.303 e. The highest BCUT2D eigenvalue weighted by Gasteiger charge is 2.14. The Kier molecular flexibility index (Phi) is 3.77. The van der Waals surface area contributed by atoms with Crippen molar-refractivity contribution in [3.8, 4) is 11.5 Å². The minimum atomic E-state index is -0.790. The number of hydrogen-bond acceptors (Lipinski definition) is 5. The number of nitrogens with zero attached hydrogens (tertiary/aromatic N) is 1. The van der Waals surface area contributed by atoms with Gasteiger partial charge in [-0.25, -0.2) is 4.98 Å². The number of nitrogens with one attached hydrogen (secondary N) is 1. The zero-order valence-corrected chi connectivity index (χ0v) is 11.5. The lowest BCUT2D eigenvalue weighted by Crippen LogP contribution is -2.15. The predicted octanol–water partition coefficient (Wildman–Crippen LogP) is 2.28. The Morgan fingerprint density at radius 3 is 2.81 bits per heavy atom. The average molecular weight is 288 g/mol. The van der Waals surface area contributed by atoms with Crippen LogP contribution in [0.1, 0.15) is 12.8 Å². The van der Waals surface area contributed by atoms with Crippen LogP contribution >= 0.6 is 0 Å². The molecule has 0 fully saturated rings. The number of pyridine rings is 1. The van der Waals surface area contributed by atoms with Crippen LogP contribution in [0.3, 0.4) is 0 Å². The zero-order valence-electron chi connectivity index (χ0n) is 11.5. The molecule has 0 spiro atoms. The molecule has 0 aliphatic carbocycles. The second-order valence-corrected chi connectivity index (χ2v) is 4.80. The minimum absolute atomic E-state index is 0.143. The second-order valence-electron chi connectivity index (χ2n) is 4.80. The van der Waals surface area contributed by atoms with Crippen LogP contribution in [0.2, 0.25) is 0 Å². The summed E-state index contributed by atoms with van der Waals surface area (Å²) in [6.45, 7) is 1.66. The Hall–Kier alpha value is -2.50. The van der Waals surface area contributed by atoms with Crippen molar-refractivity contribution in [2.75, 3.05) is 25.1 Å². The van der Waals surface area contributed by atoms with Crippen molar-refractivity contribution in [3.63, 3.8) is 0 Å². The topological polar surface area (TPSA) is 80.7 Å². The van der Waals surface area contributed by atoms with Crippen molar-refractivity contribution in [2.24, 2.45) is 0 Å². The van der Waals surface area contributed by atoms with Crippen LogP contribution in [-0.4, -0.2) is 35.8 Å². The normalized spacial score (nSPS) is 13.1. The van der Waals surface area contributed by atoms with E-state index in [-0.39, 0.29) is 6.42 Å². The highest BCUT2D eigenvalue weighted by Crippen LogP contribution is 2.36. The van der Waals surface area contributed by atoms with Gasteiger partial charge in [0, 0.05) is 24.5 Å². The highest BCUT2D eigenvalue weighted by molar-refractivity contribution is 5.94. The number of rotatable bonds is 5. The van der Waals surface area contributed by atoms with E-state index < -0.39 is 5.97 Å². The molecule has 0 saturated carbocycles. The molecule has 21 heavy (non-hydrogen) atoms. The van der Waals surface area contributed by atoms with E-state index in [1.54, 1.807) is 6.20 Å². The van der Waals surface area contributed by atoms with Crippen molar-refractivity contribution in [1.29, 1.82) is 0 Å². The van der Waals surface area contributed by atoms with Crippen molar-refractivity contribution >= 4 is 22.6 Å². The van der Waals surface area contributed by atoms with Crippen molar-refractivity contribution in [1.82, 2.24) is 4.98 Å². The van der Waals surface area contributed by atoms with Gasteiger partial charge in [0.05, 0.1) is 0 Å². The molecular weight excluding hydrogens is 272 g/mol. The zero-order chi connectivity index (χ0) is 14.7. The lowest BCUT2D eigenvalue weighted by Gasteiger charge is -2.19. The summed E-state index contributed by atoms with van der Waals surface area (Å²) in [5.74, 6) is 1.41. The molecule has 6 heteroatoms. The monoisotopic (exact) mass is 288 g/mol. The van der Waals surface area contributed by atoms with Gasteiger partial charge in [-0.2, -0.15) is 0 Å². The summed E-state index contributed by atoms with van der Waals surface area (Å²) < 4.78 is 11.2. The first-order valence-electron chi connectivity index (χ1n) is 6.88. The molecule has 0 bridgehead atoms. The highest BCUT2D eigenvalue weighted by atomic mass is 16.6. The predicted molar refractivity (Wildman–Crippen MR) is 78.1 cm³/mol. The van der Waals surface area contributed by atoms with Crippen molar-refractivity contribution < 1.29 is 19.4 Å². The molecule has 0 radical (unpaired) electrons. The number of carboxylic acid groups (broad SMARTS) is 1. The number of aromatic nitrogens is 1. The second kappa shape index (κ2) is 5.87. The summed E-state index contributed by atoms with van der Waals surface area (Å²) in [6, 6.07) is 5.76. The SMILES string of the molecule is O=C(O)CCCNc1nccc2cc3c(cc12)OCCO3. The summed E-state index contributed by atoms with van der Waals surface area (Å²) in [4.78, 5) is 14.8. The number of aliphatic carboxylic acids is 1. The van der Waals surface area contributed by atoms with Gasteiger partial charge >= 0.3 is 5.97 Å². The van der Waals surface area contributed by atoms with Crippen molar-refractivity contribution in [3.05, 3.63) is 24.4 Å². The van der Waals surface area contributed by atoms with Gasteiger partial charge in [-0.15, -0.1) is 0 Å². The largest absolute Gasteiger partial charge is 0.486 e. The molecule has 1 aliphatic heterocycles. The molecule has 2 N–H and O–H groups in total.